The van der Waals surface area contributed by atoms with Crippen LogP contribution < -0.4 is 10.0 Å². The molecule has 0 spiro atoms. The van der Waals surface area contributed by atoms with Crippen LogP contribution in [-0.2, 0) is 10.0 Å². The highest BCUT2D eigenvalue weighted by atomic mass is 35.5. The van der Waals surface area contributed by atoms with Crippen molar-refractivity contribution >= 4 is 38.9 Å². The van der Waals surface area contributed by atoms with Crippen LogP contribution in [0.4, 0.5) is 11.4 Å². The Labute approximate surface area is 169 Å². The van der Waals surface area contributed by atoms with E-state index in [0.717, 1.165) is 11.1 Å². The van der Waals surface area contributed by atoms with Crippen molar-refractivity contribution in [1.82, 2.24) is 0 Å². The van der Waals surface area contributed by atoms with Gasteiger partial charge < -0.3 is 5.32 Å². The number of benzene rings is 3. The fourth-order valence-corrected chi connectivity index (χ4v) is 4.05. The van der Waals surface area contributed by atoms with Crippen molar-refractivity contribution in [1.29, 1.82) is 0 Å². The van der Waals surface area contributed by atoms with Gasteiger partial charge in [-0.3, -0.25) is 9.52 Å². The Balaban J connectivity index is 1.76. The summed E-state index contributed by atoms with van der Waals surface area (Å²) in [5.74, 6) is -0.366. The lowest BCUT2D eigenvalue weighted by Gasteiger charge is -2.12. The first-order valence-electron chi connectivity index (χ1n) is 8.52. The van der Waals surface area contributed by atoms with Crippen LogP contribution in [0.1, 0.15) is 21.5 Å². The first kappa shape index (κ1) is 19.9. The van der Waals surface area contributed by atoms with E-state index in [4.69, 9.17) is 11.6 Å². The van der Waals surface area contributed by atoms with Crippen molar-refractivity contribution in [3.8, 4) is 0 Å². The number of anilines is 2. The summed E-state index contributed by atoms with van der Waals surface area (Å²) in [6, 6.07) is 18.1. The largest absolute Gasteiger partial charge is 0.322 e. The smallest absolute Gasteiger partial charge is 0.261 e. The van der Waals surface area contributed by atoms with E-state index in [1.807, 2.05) is 26.0 Å². The molecule has 0 bridgehead atoms. The highest BCUT2D eigenvalue weighted by Gasteiger charge is 2.16. The number of carbonyl (C=O) groups excluding carboxylic acids is 1. The highest BCUT2D eigenvalue weighted by molar-refractivity contribution is 7.92. The molecule has 3 aromatic rings. The average Bonchev–Trinajstić information content (AvgIpc) is 2.65. The molecule has 5 nitrogen and oxygen atoms in total. The fraction of sp³-hybridized carbons (Fsp3) is 0.0952. The van der Waals surface area contributed by atoms with Crippen LogP contribution in [-0.4, -0.2) is 14.3 Å². The van der Waals surface area contributed by atoms with Crippen molar-refractivity contribution in [2.24, 2.45) is 0 Å². The minimum atomic E-state index is -3.74. The fourth-order valence-electron chi connectivity index (χ4n) is 2.69. The second-order valence-electron chi connectivity index (χ2n) is 6.38. The van der Waals surface area contributed by atoms with Crippen molar-refractivity contribution in [2.45, 2.75) is 18.7 Å². The minimum Gasteiger partial charge on any atom is -0.322 e. The van der Waals surface area contributed by atoms with Gasteiger partial charge in [-0.2, -0.15) is 0 Å². The molecular weight excluding hydrogens is 396 g/mol. The molecule has 0 heterocycles. The van der Waals surface area contributed by atoms with E-state index < -0.39 is 10.0 Å². The lowest BCUT2D eigenvalue weighted by molar-refractivity contribution is 0.102. The third kappa shape index (κ3) is 4.52. The molecule has 0 aromatic heterocycles. The van der Waals surface area contributed by atoms with Crippen molar-refractivity contribution in [3.05, 3.63) is 88.4 Å². The Hall–Kier alpha value is -2.83. The Bertz CT molecular complexity index is 1130. The molecule has 0 fully saturated rings. The van der Waals surface area contributed by atoms with Gasteiger partial charge >= 0.3 is 0 Å². The maximum atomic E-state index is 12.6. The summed E-state index contributed by atoms with van der Waals surface area (Å²) < 4.78 is 27.8. The van der Waals surface area contributed by atoms with Gasteiger partial charge in [-0.1, -0.05) is 41.4 Å². The standard InChI is InChI=1S/C21H19ClN2O3S/c1-14-7-12-20(15(2)13-14)24-28(26,27)17-10-8-16(9-11-17)23-21(25)18-5-3-4-6-19(18)22/h3-13,24H,1-2H3,(H,23,25). The van der Waals surface area contributed by atoms with Gasteiger partial charge in [-0.05, 0) is 61.9 Å². The molecule has 1 amide bonds. The summed E-state index contributed by atoms with van der Waals surface area (Å²) in [5.41, 5.74) is 3.24. The van der Waals surface area contributed by atoms with Crippen molar-refractivity contribution in [2.75, 3.05) is 10.0 Å². The van der Waals surface area contributed by atoms with Crippen LogP contribution in [0.25, 0.3) is 0 Å². The molecule has 0 aliphatic rings. The van der Waals surface area contributed by atoms with Gasteiger partial charge in [-0.25, -0.2) is 8.42 Å². The number of aryl methyl sites for hydroxylation is 2. The monoisotopic (exact) mass is 414 g/mol. The zero-order valence-electron chi connectivity index (χ0n) is 15.4. The zero-order valence-corrected chi connectivity index (χ0v) is 16.9. The van der Waals surface area contributed by atoms with Gasteiger partial charge in [0, 0.05) is 5.69 Å². The lowest BCUT2D eigenvalue weighted by atomic mass is 10.1. The quantitative estimate of drug-likeness (QED) is 0.616. The van der Waals surface area contributed by atoms with Gasteiger partial charge in [0.25, 0.3) is 15.9 Å². The second kappa shape index (κ2) is 8.04. The van der Waals surface area contributed by atoms with E-state index in [9.17, 15) is 13.2 Å². The summed E-state index contributed by atoms with van der Waals surface area (Å²) in [7, 11) is -3.74. The topological polar surface area (TPSA) is 75.3 Å². The first-order valence-corrected chi connectivity index (χ1v) is 10.4. The number of carbonyl (C=O) groups is 1. The summed E-state index contributed by atoms with van der Waals surface area (Å²) in [5, 5.41) is 3.05. The molecule has 2 N–H and O–H groups in total. The van der Waals surface area contributed by atoms with Crippen LogP contribution in [0, 0.1) is 13.8 Å². The average molecular weight is 415 g/mol. The number of halogens is 1. The molecule has 0 saturated carbocycles. The number of rotatable bonds is 5. The SMILES string of the molecule is Cc1ccc(NS(=O)(=O)c2ccc(NC(=O)c3ccccc3Cl)cc2)c(C)c1. The lowest BCUT2D eigenvalue weighted by Crippen LogP contribution is -2.15. The van der Waals surface area contributed by atoms with Gasteiger partial charge in [0.15, 0.2) is 0 Å². The molecular formula is C21H19ClN2O3S. The van der Waals surface area contributed by atoms with Crippen LogP contribution in [0.5, 0.6) is 0 Å². The van der Waals surface area contributed by atoms with Gasteiger partial charge in [0.2, 0.25) is 0 Å². The summed E-state index contributed by atoms with van der Waals surface area (Å²) in [6.07, 6.45) is 0. The number of hydrogen-bond donors (Lipinski definition) is 2. The van der Waals surface area contributed by atoms with Crippen LogP contribution in [0.15, 0.2) is 71.6 Å². The third-order valence-corrected chi connectivity index (χ3v) is 5.88. The summed E-state index contributed by atoms with van der Waals surface area (Å²) >= 11 is 6.02. The Morgan fingerprint density at radius 2 is 1.61 bits per heavy atom. The summed E-state index contributed by atoms with van der Waals surface area (Å²) in [6.45, 7) is 3.79. The van der Waals surface area contributed by atoms with E-state index in [1.165, 1.54) is 24.3 Å². The van der Waals surface area contributed by atoms with Crippen molar-refractivity contribution < 1.29 is 13.2 Å². The predicted molar refractivity (Wildman–Crippen MR) is 113 cm³/mol. The molecule has 0 atom stereocenters. The Morgan fingerprint density at radius 3 is 2.25 bits per heavy atom. The third-order valence-electron chi connectivity index (χ3n) is 4.17. The van der Waals surface area contributed by atoms with E-state index in [2.05, 4.69) is 10.0 Å². The van der Waals surface area contributed by atoms with Crippen LogP contribution >= 0.6 is 11.6 Å². The van der Waals surface area contributed by atoms with Crippen LogP contribution in [0.2, 0.25) is 5.02 Å². The highest BCUT2D eigenvalue weighted by Crippen LogP contribution is 2.22. The predicted octanol–water partition coefficient (Wildman–Crippen LogP) is 5.01. The summed E-state index contributed by atoms with van der Waals surface area (Å²) in [4.78, 5) is 12.4. The maximum absolute atomic E-state index is 12.6. The minimum absolute atomic E-state index is 0.100. The van der Waals surface area contributed by atoms with E-state index in [0.29, 0.717) is 22.0 Å². The van der Waals surface area contributed by atoms with Crippen molar-refractivity contribution in [3.63, 3.8) is 0 Å². The molecule has 3 rings (SSSR count). The molecule has 0 aliphatic carbocycles. The molecule has 7 heteroatoms. The molecule has 0 aliphatic heterocycles. The van der Waals surface area contributed by atoms with E-state index >= 15 is 0 Å². The molecule has 3 aromatic carbocycles. The van der Waals surface area contributed by atoms with E-state index in [1.54, 1.807) is 30.3 Å². The molecule has 0 unspecified atom stereocenters. The normalized spacial score (nSPS) is 11.1. The first-order chi connectivity index (χ1) is 13.3. The van der Waals surface area contributed by atoms with E-state index in [-0.39, 0.29) is 10.8 Å². The number of sulfonamides is 1. The number of nitrogens with one attached hydrogen (secondary N) is 2. The van der Waals surface area contributed by atoms with Gasteiger partial charge in [-0.15, -0.1) is 0 Å². The molecule has 28 heavy (non-hydrogen) atoms. The second-order valence-corrected chi connectivity index (χ2v) is 8.47. The molecule has 144 valence electrons. The Kier molecular flexibility index (Phi) is 5.72. The maximum Gasteiger partial charge on any atom is 0.261 e. The number of hydrogen-bond acceptors (Lipinski definition) is 3. The van der Waals surface area contributed by atoms with Gasteiger partial charge in [0.05, 0.1) is 21.2 Å². The number of amides is 1. The van der Waals surface area contributed by atoms with Crippen LogP contribution in [0.3, 0.4) is 0 Å². The Morgan fingerprint density at radius 1 is 0.929 bits per heavy atom. The van der Waals surface area contributed by atoms with Gasteiger partial charge in [0.1, 0.15) is 0 Å². The molecule has 0 radical (unpaired) electrons. The zero-order chi connectivity index (χ0) is 20.3. The molecule has 0 saturated heterocycles.